The molecule has 1 aromatic heterocycles. The molecule has 1 heterocycles. The standard InChI is InChI=1S/C15H8Cl2F3N5/c16-7-1-3-10(8(17)5-7)23-15-24-12(6-21-25-15)22-11-4-2-9(18)13(19)14(11)20/h1-6H,(H2,22,23,24,25). The second-order valence-corrected chi connectivity index (χ2v) is 5.61. The highest BCUT2D eigenvalue weighted by atomic mass is 35.5. The van der Waals surface area contributed by atoms with Crippen LogP contribution in [0.4, 0.5) is 36.3 Å². The third-order valence-electron chi connectivity index (χ3n) is 3.03. The fraction of sp³-hybridized carbons (Fsp3) is 0. The average Bonchev–Trinajstić information content (AvgIpc) is 2.58. The first-order chi connectivity index (χ1) is 11.9. The van der Waals surface area contributed by atoms with E-state index in [9.17, 15) is 13.2 Å². The molecule has 5 nitrogen and oxygen atoms in total. The minimum Gasteiger partial charge on any atom is -0.336 e. The molecule has 0 spiro atoms. The summed E-state index contributed by atoms with van der Waals surface area (Å²) in [5.41, 5.74) is 0.180. The van der Waals surface area contributed by atoms with Crippen LogP contribution in [-0.2, 0) is 0 Å². The van der Waals surface area contributed by atoms with Gasteiger partial charge in [0.1, 0.15) is 0 Å². The number of hydrogen-bond donors (Lipinski definition) is 2. The van der Waals surface area contributed by atoms with E-state index in [4.69, 9.17) is 23.2 Å². The van der Waals surface area contributed by atoms with Crippen LogP contribution in [0.1, 0.15) is 0 Å². The molecule has 10 heteroatoms. The van der Waals surface area contributed by atoms with Crippen molar-refractivity contribution in [1.82, 2.24) is 15.2 Å². The molecule has 0 bridgehead atoms. The largest absolute Gasteiger partial charge is 0.336 e. The minimum absolute atomic E-state index is 0.0530. The number of anilines is 4. The van der Waals surface area contributed by atoms with Crippen molar-refractivity contribution in [2.24, 2.45) is 0 Å². The van der Waals surface area contributed by atoms with Crippen molar-refractivity contribution >= 4 is 46.3 Å². The van der Waals surface area contributed by atoms with Gasteiger partial charge in [-0.15, -0.1) is 5.10 Å². The molecule has 0 unspecified atom stereocenters. The maximum atomic E-state index is 13.7. The Balaban J connectivity index is 1.83. The van der Waals surface area contributed by atoms with Crippen molar-refractivity contribution in [2.45, 2.75) is 0 Å². The number of rotatable bonds is 4. The minimum atomic E-state index is -1.58. The quantitative estimate of drug-likeness (QED) is 0.612. The van der Waals surface area contributed by atoms with E-state index in [2.05, 4.69) is 25.8 Å². The summed E-state index contributed by atoms with van der Waals surface area (Å²) >= 11 is 11.9. The second-order valence-electron chi connectivity index (χ2n) is 4.76. The topological polar surface area (TPSA) is 62.7 Å². The van der Waals surface area contributed by atoms with Gasteiger partial charge in [0, 0.05) is 5.02 Å². The van der Waals surface area contributed by atoms with E-state index in [1.54, 1.807) is 12.1 Å². The van der Waals surface area contributed by atoms with Gasteiger partial charge in [0.15, 0.2) is 23.3 Å². The normalized spacial score (nSPS) is 10.6. The summed E-state index contributed by atoms with van der Waals surface area (Å²) < 4.78 is 39.9. The van der Waals surface area contributed by atoms with Crippen molar-refractivity contribution in [3.63, 3.8) is 0 Å². The predicted octanol–water partition coefficient (Wildman–Crippen LogP) is 5.08. The van der Waals surface area contributed by atoms with Gasteiger partial charge in [-0.05, 0) is 30.3 Å². The molecule has 0 radical (unpaired) electrons. The second kappa shape index (κ2) is 7.12. The van der Waals surface area contributed by atoms with E-state index in [1.165, 1.54) is 12.3 Å². The van der Waals surface area contributed by atoms with Gasteiger partial charge in [-0.2, -0.15) is 10.1 Å². The van der Waals surface area contributed by atoms with E-state index in [1.807, 2.05) is 0 Å². The van der Waals surface area contributed by atoms with Crippen molar-refractivity contribution in [3.8, 4) is 0 Å². The average molecular weight is 386 g/mol. The molecule has 0 saturated carbocycles. The number of aromatic nitrogens is 3. The molecule has 0 amide bonds. The number of benzene rings is 2. The Labute approximate surface area is 149 Å². The molecule has 3 aromatic rings. The molecule has 2 N–H and O–H groups in total. The lowest BCUT2D eigenvalue weighted by Gasteiger charge is -2.10. The van der Waals surface area contributed by atoms with Crippen LogP contribution >= 0.6 is 23.2 Å². The molecule has 2 aromatic carbocycles. The maximum absolute atomic E-state index is 13.7. The first-order valence-electron chi connectivity index (χ1n) is 6.76. The Hall–Kier alpha value is -2.58. The Kier molecular flexibility index (Phi) is 4.91. The first-order valence-corrected chi connectivity index (χ1v) is 7.52. The van der Waals surface area contributed by atoms with E-state index < -0.39 is 17.5 Å². The van der Waals surface area contributed by atoms with Crippen LogP contribution in [0.2, 0.25) is 10.0 Å². The number of nitrogens with one attached hydrogen (secondary N) is 2. The molecule has 0 atom stereocenters. The fourth-order valence-corrected chi connectivity index (χ4v) is 2.34. The lowest BCUT2D eigenvalue weighted by Crippen LogP contribution is -2.04. The van der Waals surface area contributed by atoms with E-state index in [-0.39, 0.29) is 17.5 Å². The first kappa shape index (κ1) is 17.2. The summed E-state index contributed by atoms with van der Waals surface area (Å²) in [4.78, 5) is 4.05. The van der Waals surface area contributed by atoms with Crippen molar-refractivity contribution in [1.29, 1.82) is 0 Å². The van der Waals surface area contributed by atoms with Gasteiger partial charge in [0.05, 0.1) is 22.6 Å². The summed E-state index contributed by atoms with van der Waals surface area (Å²) in [5.74, 6) is -4.12. The van der Waals surface area contributed by atoms with Crippen LogP contribution < -0.4 is 10.6 Å². The van der Waals surface area contributed by atoms with Crippen LogP contribution in [0.3, 0.4) is 0 Å². The Morgan fingerprint density at radius 3 is 2.40 bits per heavy atom. The predicted molar refractivity (Wildman–Crippen MR) is 89.2 cm³/mol. The Morgan fingerprint density at radius 1 is 0.880 bits per heavy atom. The van der Waals surface area contributed by atoms with E-state index in [0.29, 0.717) is 15.7 Å². The van der Waals surface area contributed by atoms with Gasteiger partial charge in [0.2, 0.25) is 5.95 Å². The number of nitrogens with zero attached hydrogens (tertiary/aromatic N) is 3. The van der Waals surface area contributed by atoms with Crippen LogP contribution in [0, 0.1) is 17.5 Å². The molecule has 128 valence electrons. The Bertz CT molecular complexity index is 939. The molecular formula is C15H8Cl2F3N5. The maximum Gasteiger partial charge on any atom is 0.249 e. The van der Waals surface area contributed by atoms with Crippen molar-refractivity contribution in [2.75, 3.05) is 10.6 Å². The summed E-state index contributed by atoms with van der Waals surface area (Å²) in [6.07, 6.45) is 1.19. The molecule has 0 aliphatic rings. The van der Waals surface area contributed by atoms with E-state index >= 15 is 0 Å². The zero-order valence-corrected chi connectivity index (χ0v) is 13.7. The lowest BCUT2D eigenvalue weighted by molar-refractivity contribution is 0.449. The van der Waals surface area contributed by atoms with Gasteiger partial charge in [-0.3, -0.25) is 0 Å². The molecule has 0 fully saturated rings. The van der Waals surface area contributed by atoms with Gasteiger partial charge in [-0.25, -0.2) is 13.2 Å². The highest BCUT2D eigenvalue weighted by Gasteiger charge is 2.14. The highest BCUT2D eigenvalue weighted by molar-refractivity contribution is 6.36. The van der Waals surface area contributed by atoms with Crippen LogP contribution in [0.25, 0.3) is 0 Å². The van der Waals surface area contributed by atoms with Gasteiger partial charge in [0.25, 0.3) is 0 Å². The number of halogens is 5. The van der Waals surface area contributed by atoms with Crippen molar-refractivity contribution in [3.05, 3.63) is 64.0 Å². The highest BCUT2D eigenvalue weighted by Crippen LogP contribution is 2.28. The lowest BCUT2D eigenvalue weighted by atomic mass is 10.3. The molecule has 25 heavy (non-hydrogen) atoms. The van der Waals surface area contributed by atoms with Crippen LogP contribution in [-0.4, -0.2) is 15.2 Å². The van der Waals surface area contributed by atoms with Crippen LogP contribution in [0.15, 0.2) is 36.5 Å². The molecule has 0 aliphatic carbocycles. The monoisotopic (exact) mass is 385 g/mol. The summed E-state index contributed by atoms with van der Waals surface area (Å²) in [6, 6.07) is 6.59. The van der Waals surface area contributed by atoms with E-state index in [0.717, 1.165) is 12.1 Å². The van der Waals surface area contributed by atoms with Gasteiger partial charge >= 0.3 is 0 Å². The summed E-state index contributed by atoms with van der Waals surface area (Å²) in [5, 5.41) is 13.6. The summed E-state index contributed by atoms with van der Waals surface area (Å²) in [7, 11) is 0. The Morgan fingerprint density at radius 2 is 1.64 bits per heavy atom. The van der Waals surface area contributed by atoms with Gasteiger partial charge < -0.3 is 10.6 Å². The van der Waals surface area contributed by atoms with Gasteiger partial charge in [-0.1, -0.05) is 23.2 Å². The third kappa shape index (κ3) is 3.92. The zero-order valence-electron chi connectivity index (χ0n) is 12.2. The third-order valence-corrected chi connectivity index (χ3v) is 3.58. The molecule has 0 aliphatic heterocycles. The van der Waals surface area contributed by atoms with Crippen LogP contribution in [0.5, 0.6) is 0 Å². The molecule has 3 rings (SSSR count). The zero-order chi connectivity index (χ0) is 18.0. The fourth-order valence-electron chi connectivity index (χ4n) is 1.89. The molecular weight excluding hydrogens is 378 g/mol. The summed E-state index contributed by atoms with van der Waals surface area (Å²) in [6.45, 7) is 0. The number of hydrogen-bond acceptors (Lipinski definition) is 5. The van der Waals surface area contributed by atoms with Crippen molar-refractivity contribution < 1.29 is 13.2 Å². The smallest absolute Gasteiger partial charge is 0.249 e. The SMILES string of the molecule is Fc1ccc(Nc2cnnc(Nc3ccc(Cl)cc3Cl)n2)c(F)c1F. The molecule has 0 saturated heterocycles.